The van der Waals surface area contributed by atoms with E-state index in [1.807, 2.05) is 0 Å². The fourth-order valence-corrected chi connectivity index (χ4v) is 2.29. The van der Waals surface area contributed by atoms with E-state index in [1.165, 1.54) is 38.9 Å². The van der Waals surface area contributed by atoms with Crippen LogP contribution in [0.4, 0.5) is 0 Å². The van der Waals surface area contributed by atoms with Crippen LogP contribution in [-0.2, 0) is 0 Å². The van der Waals surface area contributed by atoms with Crippen LogP contribution in [0.15, 0.2) is 0 Å². The Morgan fingerprint density at radius 2 is 1.37 bits per heavy atom. The van der Waals surface area contributed by atoms with E-state index in [9.17, 15) is 0 Å². The van der Waals surface area contributed by atoms with Crippen molar-refractivity contribution in [2.75, 3.05) is 26.7 Å². The van der Waals surface area contributed by atoms with Crippen molar-refractivity contribution in [2.45, 2.75) is 66.8 Å². The second kappa shape index (κ2) is 10.7. The molecular weight excluding hydrogens is 232 g/mol. The van der Waals surface area contributed by atoms with Gasteiger partial charge in [-0.1, -0.05) is 48.0 Å². The molecule has 0 radical (unpaired) electrons. The molecule has 0 saturated carbocycles. The maximum atomic E-state index is 3.52. The zero-order valence-corrected chi connectivity index (χ0v) is 14.5. The van der Waals surface area contributed by atoms with Gasteiger partial charge in [0.25, 0.3) is 0 Å². The van der Waals surface area contributed by atoms with Crippen molar-refractivity contribution in [1.29, 1.82) is 0 Å². The monoisotopic (exact) mass is 270 g/mol. The van der Waals surface area contributed by atoms with Crippen molar-refractivity contribution in [1.82, 2.24) is 10.2 Å². The average Bonchev–Trinajstić information content (AvgIpc) is 2.36. The topological polar surface area (TPSA) is 15.3 Å². The van der Waals surface area contributed by atoms with Crippen LogP contribution in [0.3, 0.4) is 0 Å². The molecule has 0 bridgehead atoms. The van der Waals surface area contributed by atoms with Crippen LogP contribution in [0, 0.1) is 17.8 Å². The van der Waals surface area contributed by atoms with Gasteiger partial charge in [0.05, 0.1) is 0 Å². The second-order valence-corrected chi connectivity index (χ2v) is 6.95. The molecule has 2 unspecified atom stereocenters. The van der Waals surface area contributed by atoms with Crippen molar-refractivity contribution in [3.05, 3.63) is 0 Å². The minimum absolute atomic E-state index is 0.629. The predicted octanol–water partition coefficient (Wildman–Crippen LogP) is 4.01. The summed E-state index contributed by atoms with van der Waals surface area (Å²) in [5.74, 6) is 2.36. The maximum absolute atomic E-state index is 3.52. The van der Waals surface area contributed by atoms with Gasteiger partial charge < -0.3 is 10.2 Å². The molecule has 0 saturated heterocycles. The van der Waals surface area contributed by atoms with E-state index in [2.05, 4.69) is 58.8 Å². The maximum Gasteiger partial charge on any atom is 0.0217 e. The molecule has 1 N–H and O–H groups in total. The summed E-state index contributed by atoms with van der Waals surface area (Å²) in [4.78, 5) is 2.67. The summed E-state index contributed by atoms with van der Waals surface area (Å²) < 4.78 is 0. The number of likely N-dealkylation sites (N-methyl/N-ethyl adjacent to an activating group) is 1. The van der Waals surface area contributed by atoms with Crippen molar-refractivity contribution in [2.24, 2.45) is 17.8 Å². The lowest BCUT2D eigenvalue weighted by Gasteiger charge is -2.31. The number of hydrogen-bond donors (Lipinski definition) is 1. The highest BCUT2D eigenvalue weighted by Crippen LogP contribution is 2.12. The van der Waals surface area contributed by atoms with Gasteiger partial charge in [0.2, 0.25) is 0 Å². The van der Waals surface area contributed by atoms with Crippen LogP contribution in [-0.4, -0.2) is 37.6 Å². The summed E-state index contributed by atoms with van der Waals surface area (Å²) in [5, 5.41) is 3.52. The van der Waals surface area contributed by atoms with Crippen LogP contribution in [0.1, 0.15) is 60.8 Å². The fraction of sp³-hybridized carbons (Fsp3) is 1.00. The zero-order chi connectivity index (χ0) is 14.8. The summed E-state index contributed by atoms with van der Waals surface area (Å²) in [7, 11) is 2.11. The van der Waals surface area contributed by atoms with E-state index in [0.717, 1.165) is 17.8 Å². The summed E-state index contributed by atoms with van der Waals surface area (Å²) in [6, 6.07) is 0.629. The molecule has 0 rings (SSSR count). The first-order valence-electron chi connectivity index (χ1n) is 8.30. The minimum atomic E-state index is 0.629. The molecular formula is C17H38N2. The Hall–Kier alpha value is -0.0800. The highest BCUT2D eigenvalue weighted by Gasteiger charge is 2.18. The third-order valence-corrected chi connectivity index (χ3v) is 4.20. The molecule has 0 heterocycles. The lowest BCUT2D eigenvalue weighted by molar-refractivity contribution is 0.198. The quantitative estimate of drug-likeness (QED) is 0.610. The standard InChI is InChI=1S/C17H38N2/c1-8-16(6)17(18-7)13-19(11-9-14(2)3)12-10-15(4)5/h14-18H,8-13H2,1-7H3. The van der Waals surface area contributed by atoms with Crippen LogP contribution >= 0.6 is 0 Å². The molecule has 116 valence electrons. The highest BCUT2D eigenvalue weighted by molar-refractivity contribution is 4.76. The molecule has 2 nitrogen and oxygen atoms in total. The normalized spacial score (nSPS) is 15.5. The van der Waals surface area contributed by atoms with Gasteiger partial charge in [-0.2, -0.15) is 0 Å². The molecule has 0 amide bonds. The van der Waals surface area contributed by atoms with E-state index in [-0.39, 0.29) is 0 Å². The Balaban J connectivity index is 4.35. The average molecular weight is 271 g/mol. The molecule has 0 aliphatic heterocycles. The number of nitrogens with zero attached hydrogens (tertiary/aromatic N) is 1. The zero-order valence-electron chi connectivity index (χ0n) is 14.5. The molecule has 0 aliphatic carbocycles. The van der Waals surface area contributed by atoms with E-state index < -0.39 is 0 Å². The molecule has 0 fully saturated rings. The third kappa shape index (κ3) is 9.45. The molecule has 2 atom stereocenters. The number of hydrogen-bond acceptors (Lipinski definition) is 2. The van der Waals surface area contributed by atoms with Gasteiger partial charge in [-0.05, 0) is 50.7 Å². The Bertz CT molecular complexity index is 189. The van der Waals surface area contributed by atoms with Gasteiger partial charge in [-0.15, -0.1) is 0 Å². The van der Waals surface area contributed by atoms with E-state index in [4.69, 9.17) is 0 Å². The molecule has 0 spiro atoms. The van der Waals surface area contributed by atoms with Gasteiger partial charge in [0, 0.05) is 12.6 Å². The third-order valence-electron chi connectivity index (χ3n) is 4.20. The Morgan fingerprint density at radius 1 is 0.895 bits per heavy atom. The first kappa shape index (κ1) is 18.9. The molecule has 19 heavy (non-hydrogen) atoms. The fourth-order valence-electron chi connectivity index (χ4n) is 2.29. The molecule has 2 heteroatoms. The van der Waals surface area contributed by atoms with Crippen molar-refractivity contribution in [3.63, 3.8) is 0 Å². The minimum Gasteiger partial charge on any atom is -0.315 e. The van der Waals surface area contributed by atoms with Gasteiger partial charge in [-0.25, -0.2) is 0 Å². The second-order valence-electron chi connectivity index (χ2n) is 6.95. The van der Waals surface area contributed by atoms with Gasteiger partial charge in [0.15, 0.2) is 0 Å². The SMILES string of the molecule is CCC(C)C(CN(CCC(C)C)CCC(C)C)NC. The largest absolute Gasteiger partial charge is 0.315 e. The highest BCUT2D eigenvalue weighted by atomic mass is 15.1. The predicted molar refractivity (Wildman–Crippen MR) is 87.7 cm³/mol. The van der Waals surface area contributed by atoms with E-state index in [1.54, 1.807) is 0 Å². The van der Waals surface area contributed by atoms with Gasteiger partial charge >= 0.3 is 0 Å². The smallest absolute Gasteiger partial charge is 0.0217 e. The molecule has 0 aromatic carbocycles. The summed E-state index contributed by atoms with van der Waals surface area (Å²) in [5.41, 5.74) is 0. The van der Waals surface area contributed by atoms with Crippen LogP contribution < -0.4 is 5.32 Å². The molecule has 0 aromatic heterocycles. The van der Waals surface area contributed by atoms with Crippen molar-refractivity contribution in [3.8, 4) is 0 Å². The van der Waals surface area contributed by atoms with Gasteiger partial charge in [0.1, 0.15) is 0 Å². The lowest BCUT2D eigenvalue weighted by Crippen LogP contribution is -2.44. The Labute approximate surface area is 122 Å². The van der Waals surface area contributed by atoms with Gasteiger partial charge in [-0.3, -0.25) is 0 Å². The van der Waals surface area contributed by atoms with Crippen LogP contribution in [0.2, 0.25) is 0 Å². The first-order valence-corrected chi connectivity index (χ1v) is 8.30. The van der Waals surface area contributed by atoms with Crippen LogP contribution in [0.5, 0.6) is 0 Å². The Kier molecular flexibility index (Phi) is 10.6. The first-order chi connectivity index (χ1) is 8.90. The summed E-state index contributed by atoms with van der Waals surface area (Å²) in [6.07, 6.45) is 3.89. The van der Waals surface area contributed by atoms with E-state index in [0.29, 0.717) is 6.04 Å². The molecule has 0 aromatic rings. The van der Waals surface area contributed by atoms with Crippen molar-refractivity contribution >= 4 is 0 Å². The number of nitrogens with one attached hydrogen (secondary N) is 1. The van der Waals surface area contributed by atoms with Crippen LogP contribution in [0.25, 0.3) is 0 Å². The summed E-state index contributed by atoms with van der Waals surface area (Å²) >= 11 is 0. The lowest BCUT2D eigenvalue weighted by atomic mass is 9.98. The van der Waals surface area contributed by atoms with Crippen molar-refractivity contribution < 1.29 is 0 Å². The Morgan fingerprint density at radius 3 is 1.68 bits per heavy atom. The molecule has 0 aliphatic rings. The summed E-state index contributed by atoms with van der Waals surface area (Å²) in [6.45, 7) is 17.7. The number of rotatable bonds is 11. The van der Waals surface area contributed by atoms with E-state index >= 15 is 0 Å².